The normalized spacial score (nSPS) is 12.1. The Bertz CT molecular complexity index is 426. The highest BCUT2D eigenvalue weighted by molar-refractivity contribution is 5.78. The van der Waals surface area contributed by atoms with Crippen LogP contribution in [0.4, 0.5) is 0 Å². The van der Waals surface area contributed by atoms with E-state index in [2.05, 4.69) is 4.74 Å². The second-order valence-electron chi connectivity index (χ2n) is 3.28. The van der Waals surface area contributed by atoms with Gasteiger partial charge >= 0.3 is 5.97 Å². The van der Waals surface area contributed by atoms with Gasteiger partial charge in [0.25, 0.3) is 0 Å². The monoisotopic (exact) mass is 228 g/mol. The van der Waals surface area contributed by atoms with Crippen molar-refractivity contribution in [3.63, 3.8) is 0 Å². The summed E-state index contributed by atoms with van der Waals surface area (Å²) >= 11 is 0. The van der Waals surface area contributed by atoms with Gasteiger partial charge in [-0.25, -0.2) is 0 Å². The summed E-state index contributed by atoms with van der Waals surface area (Å²) in [6.07, 6.45) is 0. The molecule has 0 fully saturated rings. The van der Waals surface area contributed by atoms with Crippen molar-refractivity contribution in [2.24, 2.45) is 0 Å². The maximum Gasteiger partial charge on any atom is 0.310 e. The molecular formula is C10H12O6. The number of methoxy groups -OCH3 is 1. The first kappa shape index (κ1) is 12.0. The van der Waals surface area contributed by atoms with Crippen LogP contribution in [0.2, 0.25) is 0 Å². The summed E-state index contributed by atoms with van der Waals surface area (Å²) in [7, 11) is 1.20. The lowest BCUT2D eigenvalue weighted by atomic mass is 9.99. The Morgan fingerprint density at radius 2 is 1.88 bits per heavy atom. The van der Waals surface area contributed by atoms with E-state index in [-0.39, 0.29) is 11.3 Å². The molecule has 6 nitrogen and oxygen atoms in total. The van der Waals surface area contributed by atoms with Gasteiger partial charge in [0.2, 0.25) is 11.5 Å². The van der Waals surface area contributed by atoms with Crippen LogP contribution in [-0.2, 0) is 4.79 Å². The van der Waals surface area contributed by atoms with Crippen molar-refractivity contribution >= 4 is 5.97 Å². The molecule has 1 rings (SSSR count). The summed E-state index contributed by atoms with van der Waals surface area (Å²) in [6, 6.07) is 1.05. The van der Waals surface area contributed by atoms with Gasteiger partial charge in [0.1, 0.15) is 0 Å². The number of hydrogen-bond acceptors (Lipinski definition) is 5. The molecular weight excluding hydrogens is 216 g/mol. The van der Waals surface area contributed by atoms with Crippen LogP contribution in [0.15, 0.2) is 6.07 Å². The standard InChI is InChI=1S/C10H12O6/c1-4(10(14)15)5-3-6(11)9(16-2)8(13)7(5)12/h3-4,11-13H,1-2H3,(H,14,15). The smallest absolute Gasteiger partial charge is 0.310 e. The van der Waals surface area contributed by atoms with Crippen molar-refractivity contribution in [2.75, 3.05) is 7.11 Å². The van der Waals surface area contributed by atoms with Crippen LogP contribution in [-0.4, -0.2) is 33.5 Å². The van der Waals surface area contributed by atoms with E-state index >= 15 is 0 Å². The van der Waals surface area contributed by atoms with Crippen molar-refractivity contribution in [1.29, 1.82) is 0 Å². The molecule has 0 saturated heterocycles. The number of phenolic OH excluding ortho intramolecular Hbond substituents is 3. The minimum atomic E-state index is -1.18. The molecule has 1 aromatic rings. The molecule has 1 unspecified atom stereocenters. The van der Waals surface area contributed by atoms with Crippen molar-refractivity contribution in [3.8, 4) is 23.0 Å². The minimum Gasteiger partial charge on any atom is -0.504 e. The lowest BCUT2D eigenvalue weighted by Crippen LogP contribution is -2.07. The predicted octanol–water partition coefficient (Wildman–Crippen LogP) is 1.00. The molecule has 0 radical (unpaired) electrons. The molecule has 0 aliphatic carbocycles. The van der Waals surface area contributed by atoms with Crippen molar-refractivity contribution in [3.05, 3.63) is 11.6 Å². The van der Waals surface area contributed by atoms with E-state index in [1.54, 1.807) is 0 Å². The van der Waals surface area contributed by atoms with Gasteiger partial charge < -0.3 is 25.2 Å². The first-order chi connectivity index (χ1) is 7.40. The topological polar surface area (TPSA) is 107 Å². The Kier molecular flexibility index (Phi) is 3.12. The maximum absolute atomic E-state index is 10.7. The Morgan fingerprint density at radius 1 is 1.31 bits per heavy atom. The number of carboxylic acid groups (broad SMARTS) is 1. The van der Waals surface area contributed by atoms with Gasteiger partial charge in [-0.1, -0.05) is 0 Å². The number of aromatic hydroxyl groups is 3. The SMILES string of the molecule is COc1c(O)cc(C(C)C(=O)O)c(O)c1O. The van der Waals surface area contributed by atoms with Crippen LogP contribution in [0, 0.1) is 0 Å². The lowest BCUT2D eigenvalue weighted by Gasteiger charge is -2.13. The fourth-order valence-electron chi connectivity index (χ4n) is 1.31. The Morgan fingerprint density at radius 3 is 2.31 bits per heavy atom. The van der Waals surface area contributed by atoms with Crippen LogP contribution < -0.4 is 4.74 Å². The highest BCUT2D eigenvalue weighted by atomic mass is 16.5. The van der Waals surface area contributed by atoms with E-state index in [4.69, 9.17) is 5.11 Å². The molecule has 1 atom stereocenters. The molecule has 0 saturated carbocycles. The van der Waals surface area contributed by atoms with E-state index in [9.17, 15) is 20.1 Å². The van der Waals surface area contributed by atoms with E-state index in [0.29, 0.717) is 0 Å². The maximum atomic E-state index is 10.7. The molecule has 0 aromatic heterocycles. The molecule has 0 aliphatic heterocycles. The molecule has 0 aliphatic rings. The second kappa shape index (κ2) is 4.18. The van der Waals surface area contributed by atoms with E-state index in [1.807, 2.05) is 0 Å². The molecule has 4 N–H and O–H groups in total. The van der Waals surface area contributed by atoms with Gasteiger partial charge in [-0.3, -0.25) is 4.79 Å². The quantitative estimate of drug-likeness (QED) is 0.454. The number of carboxylic acids is 1. The molecule has 16 heavy (non-hydrogen) atoms. The van der Waals surface area contributed by atoms with Crippen LogP contribution in [0.3, 0.4) is 0 Å². The van der Waals surface area contributed by atoms with Crippen LogP contribution in [0.5, 0.6) is 23.0 Å². The molecule has 0 heterocycles. The van der Waals surface area contributed by atoms with Gasteiger partial charge in [-0.05, 0) is 13.0 Å². The van der Waals surface area contributed by atoms with Crippen molar-refractivity contribution < 1.29 is 30.0 Å². The van der Waals surface area contributed by atoms with Gasteiger partial charge in [0.05, 0.1) is 13.0 Å². The molecule has 1 aromatic carbocycles. The van der Waals surface area contributed by atoms with Gasteiger partial charge in [0, 0.05) is 5.56 Å². The number of phenols is 3. The Hall–Kier alpha value is -2.11. The minimum absolute atomic E-state index is 0.0803. The van der Waals surface area contributed by atoms with Gasteiger partial charge in [-0.2, -0.15) is 0 Å². The fraction of sp³-hybridized carbons (Fsp3) is 0.300. The summed E-state index contributed by atoms with van der Waals surface area (Å²) < 4.78 is 4.64. The van der Waals surface area contributed by atoms with Gasteiger partial charge in [0.15, 0.2) is 11.5 Å². The molecule has 88 valence electrons. The average molecular weight is 228 g/mol. The number of carbonyl (C=O) groups is 1. The highest BCUT2D eigenvalue weighted by Gasteiger charge is 2.24. The zero-order valence-corrected chi connectivity index (χ0v) is 8.76. The number of benzene rings is 1. The number of aliphatic carboxylic acids is 1. The summed E-state index contributed by atoms with van der Waals surface area (Å²) in [5.41, 5.74) is -0.0803. The van der Waals surface area contributed by atoms with Crippen molar-refractivity contribution in [1.82, 2.24) is 0 Å². The average Bonchev–Trinajstić information content (AvgIpc) is 2.23. The number of ether oxygens (including phenoxy) is 1. The molecule has 6 heteroatoms. The Balaban J connectivity index is 3.39. The largest absolute Gasteiger partial charge is 0.504 e. The summed E-state index contributed by atoms with van der Waals surface area (Å²) in [4.78, 5) is 10.7. The second-order valence-corrected chi connectivity index (χ2v) is 3.28. The first-order valence-electron chi connectivity index (χ1n) is 4.44. The number of rotatable bonds is 3. The van der Waals surface area contributed by atoms with E-state index < -0.39 is 29.1 Å². The lowest BCUT2D eigenvalue weighted by molar-refractivity contribution is -0.138. The van der Waals surface area contributed by atoms with Crippen LogP contribution >= 0.6 is 0 Å². The van der Waals surface area contributed by atoms with Crippen LogP contribution in [0.25, 0.3) is 0 Å². The summed E-state index contributed by atoms with van der Waals surface area (Å²) in [5, 5.41) is 37.2. The molecule has 0 amide bonds. The first-order valence-corrected chi connectivity index (χ1v) is 4.44. The van der Waals surface area contributed by atoms with Crippen molar-refractivity contribution in [2.45, 2.75) is 12.8 Å². The van der Waals surface area contributed by atoms with Gasteiger partial charge in [-0.15, -0.1) is 0 Å². The summed E-state index contributed by atoms with van der Waals surface area (Å²) in [5.74, 6) is -4.24. The molecule has 0 bridgehead atoms. The van der Waals surface area contributed by atoms with E-state index in [0.717, 1.165) is 6.07 Å². The predicted molar refractivity (Wildman–Crippen MR) is 54.0 cm³/mol. The molecule has 0 spiro atoms. The highest BCUT2D eigenvalue weighted by Crippen LogP contribution is 2.46. The summed E-state index contributed by atoms with van der Waals surface area (Å²) in [6.45, 7) is 1.32. The third-order valence-electron chi connectivity index (χ3n) is 2.28. The van der Waals surface area contributed by atoms with Crippen LogP contribution in [0.1, 0.15) is 18.4 Å². The number of hydrogen-bond donors (Lipinski definition) is 4. The zero-order valence-electron chi connectivity index (χ0n) is 8.76. The fourth-order valence-corrected chi connectivity index (χ4v) is 1.31. The Labute approximate surface area is 91.3 Å². The third kappa shape index (κ3) is 1.81. The third-order valence-corrected chi connectivity index (χ3v) is 2.28. The zero-order chi connectivity index (χ0) is 12.5. The van der Waals surface area contributed by atoms with E-state index in [1.165, 1.54) is 14.0 Å².